The fourth-order valence-corrected chi connectivity index (χ4v) is 9.12. The van der Waals surface area contributed by atoms with Gasteiger partial charge in [-0.1, -0.05) is 146 Å². The summed E-state index contributed by atoms with van der Waals surface area (Å²) < 4.78 is 5.00. The smallest absolute Gasteiger partial charge is 0.164 e. The van der Waals surface area contributed by atoms with Crippen LogP contribution in [0.3, 0.4) is 0 Å². The van der Waals surface area contributed by atoms with E-state index < -0.39 is 0 Å². The molecular formula is C51H32N4S. The van der Waals surface area contributed by atoms with E-state index in [1.54, 1.807) is 0 Å². The SMILES string of the molecule is c1ccc(-c2ccc(-c3nc(-c4ccccc4)nc(-c4ccc(-n5c6ccccc6c6ccc(-c7cccc8sc9ccccc9c78)cc65)cc4)n3)cc2)cc1. The molecule has 0 bridgehead atoms. The minimum absolute atomic E-state index is 0.633. The monoisotopic (exact) mass is 732 g/mol. The second-order valence-corrected chi connectivity index (χ2v) is 15.1. The highest BCUT2D eigenvalue weighted by molar-refractivity contribution is 7.25. The van der Waals surface area contributed by atoms with Crippen molar-refractivity contribution in [2.75, 3.05) is 0 Å². The maximum Gasteiger partial charge on any atom is 0.164 e. The summed E-state index contributed by atoms with van der Waals surface area (Å²) in [7, 11) is 0. The number of para-hydroxylation sites is 1. The normalized spacial score (nSPS) is 11.6. The van der Waals surface area contributed by atoms with Gasteiger partial charge in [0.25, 0.3) is 0 Å². The molecule has 4 nitrogen and oxygen atoms in total. The summed E-state index contributed by atoms with van der Waals surface area (Å²) >= 11 is 1.86. The van der Waals surface area contributed by atoms with Gasteiger partial charge in [0.05, 0.1) is 11.0 Å². The van der Waals surface area contributed by atoms with Crippen molar-refractivity contribution < 1.29 is 0 Å². The molecule has 0 unspecified atom stereocenters. The van der Waals surface area contributed by atoms with Crippen molar-refractivity contribution >= 4 is 53.3 Å². The summed E-state index contributed by atoms with van der Waals surface area (Å²) in [6.07, 6.45) is 0. The molecule has 0 spiro atoms. The zero-order valence-corrected chi connectivity index (χ0v) is 31.0. The van der Waals surface area contributed by atoms with Gasteiger partial charge in [0.2, 0.25) is 0 Å². The van der Waals surface area contributed by atoms with E-state index in [1.165, 1.54) is 58.7 Å². The predicted molar refractivity (Wildman–Crippen MR) is 234 cm³/mol. The molecule has 0 radical (unpaired) electrons. The number of hydrogen-bond acceptors (Lipinski definition) is 4. The van der Waals surface area contributed by atoms with Gasteiger partial charge in [-0.2, -0.15) is 0 Å². The molecule has 0 aliphatic rings. The molecule has 0 saturated heterocycles. The first-order valence-corrected chi connectivity index (χ1v) is 19.6. The number of aromatic nitrogens is 4. The molecule has 0 aliphatic carbocycles. The molecule has 0 N–H and O–H groups in total. The quantitative estimate of drug-likeness (QED) is 0.171. The van der Waals surface area contributed by atoms with Crippen molar-refractivity contribution in [3.8, 4) is 62.1 Å². The molecule has 3 aromatic heterocycles. The second kappa shape index (κ2) is 13.3. The molecule has 0 aliphatic heterocycles. The standard InChI is InChI=1S/C51H32N4S/c1-3-12-33(13-4-1)34-22-24-36(25-23-34)50-52-49(35-14-5-2-6-15-35)53-51(54-50)37-26-29-39(30-27-37)55-44-19-9-7-16-41(44)42-31-28-38(32-45(42)55)40-18-11-21-47-48(40)43-17-8-10-20-46(43)56-47/h1-32H. The van der Waals surface area contributed by atoms with E-state index in [-0.39, 0.29) is 0 Å². The lowest BCUT2D eigenvalue weighted by Crippen LogP contribution is -2.00. The van der Waals surface area contributed by atoms with Crippen LogP contribution in [0.1, 0.15) is 0 Å². The van der Waals surface area contributed by atoms with Gasteiger partial charge in [0, 0.05) is 53.3 Å². The molecule has 0 atom stereocenters. The highest BCUT2D eigenvalue weighted by Crippen LogP contribution is 2.42. The van der Waals surface area contributed by atoms with Crippen LogP contribution >= 0.6 is 11.3 Å². The zero-order chi connectivity index (χ0) is 37.0. The van der Waals surface area contributed by atoms with Crippen LogP contribution in [0.4, 0.5) is 0 Å². The average molecular weight is 733 g/mol. The van der Waals surface area contributed by atoms with Crippen LogP contribution in [0.25, 0.3) is 104 Å². The molecule has 5 heteroatoms. The lowest BCUT2D eigenvalue weighted by Gasteiger charge is -2.12. The maximum atomic E-state index is 5.05. The van der Waals surface area contributed by atoms with Crippen LogP contribution in [-0.2, 0) is 0 Å². The van der Waals surface area contributed by atoms with E-state index in [4.69, 9.17) is 15.0 Å². The van der Waals surface area contributed by atoms with Crippen molar-refractivity contribution in [1.29, 1.82) is 0 Å². The first-order chi connectivity index (χ1) is 27.7. The third kappa shape index (κ3) is 5.48. The van der Waals surface area contributed by atoms with Crippen LogP contribution < -0.4 is 0 Å². The Labute approximate surface area is 327 Å². The Balaban J connectivity index is 1.03. The molecule has 0 fully saturated rings. The number of rotatable bonds is 6. The highest BCUT2D eigenvalue weighted by atomic mass is 32.1. The van der Waals surface area contributed by atoms with E-state index in [1.807, 2.05) is 47.7 Å². The third-order valence-corrected chi connectivity index (χ3v) is 11.8. The fourth-order valence-electron chi connectivity index (χ4n) is 7.98. The van der Waals surface area contributed by atoms with Gasteiger partial charge < -0.3 is 4.57 Å². The summed E-state index contributed by atoms with van der Waals surface area (Å²) in [5.74, 6) is 1.92. The van der Waals surface area contributed by atoms with E-state index in [9.17, 15) is 0 Å². The summed E-state index contributed by atoms with van der Waals surface area (Å²) in [4.78, 5) is 15.0. The van der Waals surface area contributed by atoms with E-state index >= 15 is 0 Å². The number of hydrogen-bond donors (Lipinski definition) is 0. The summed E-state index contributed by atoms with van der Waals surface area (Å²) in [5, 5.41) is 5.08. The van der Waals surface area contributed by atoms with Crippen molar-refractivity contribution in [1.82, 2.24) is 19.5 Å². The van der Waals surface area contributed by atoms with Crippen molar-refractivity contribution in [2.24, 2.45) is 0 Å². The van der Waals surface area contributed by atoms with Crippen molar-refractivity contribution in [3.63, 3.8) is 0 Å². The number of benzene rings is 8. The van der Waals surface area contributed by atoms with Crippen molar-refractivity contribution in [3.05, 3.63) is 194 Å². The van der Waals surface area contributed by atoms with Gasteiger partial charge in [-0.25, -0.2) is 15.0 Å². The summed E-state index contributed by atoms with van der Waals surface area (Å²) in [6.45, 7) is 0. The topological polar surface area (TPSA) is 43.6 Å². The Morgan fingerprint density at radius 3 is 1.55 bits per heavy atom. The zero-order valence-electron chi connectivity index (χ0n) is 30.2. The molecule has 56 heavy (non-hydrogen) atoms. The Hall–Kier alpha value is -7.21. The van der Waals surface area contributed by atoms with Gasteiger partial charge >= 0.3 is 0 Å². The van der Waals surface area contributed by atoms with Crippen LogP contribution in [0.5, 0.6) is 0 Å². The molecule has 11 rings (SSSR count). The van der Waals surface area contributed by atoms with Gasteiger partial charge in [-0.05, 0) is 70.8 Å². The Kier molecular flexibility index (Phi) is 7.64. The number of nitrogens with zero attached hydrogens (tertiary/aromatic N) is 4. The number of thiophene rings is 1. The summed E-state index contributed by atoms with van der Waals surface area (Å²) in [6, 6.07) is 68.6. The molecule has 3 heterocycles. The largest absolute Gasteiger partial charge is 0.309 e. The highest BCUT2D eigenvalue weighted by Gasteiger charge is 2.17. The van der Waals surface area contributed by atoms with Gasteiger partial charge in [-0.3, -0.25) is 0 Å². The lowest BCUT2D eigenvalue weighted by atomic mass is 9.98. The molecule has 8 aromatic carbocycles. The van der Waals surface area contributed by atoms with Gasteiger partial charge in [0.1, 0.15) is 0 Å². The van der Waals surface area contributed by atoms with E-state index in [0.29, 0.717) is 17.5 Å². The van der Waals surface area contributed by atoms with E-state index in [2.05, 4.69) is 162 Å². The second-order valence-electron chi connectivity index (χ2n) is 14.0. The fraction of sp³-hybridized carbons (Fsp3) is 0. The molecule has 0 amide bonds. The summed E-state index contributed by atoms with van der Waals surface area (Å²) in [5.41, 5.74) is 11.0. The molecular weight excluding hydrogens is 701 g/mol. The van der Waals surface area contributed by atoms with Gasteiger partial charge in [0.15, 0.2) is 17.5 Å². The Bertz CT molecular complexity index is 3220. The minimum Gasteiger partial charge on any atom is -0.309 e. The van der Waals surface area contributed by atoms with Crippen LogP contribution in [0.2, 0.25) is 0 Å². The van der Waals surface area contributed by atoms with Crippen LogP contribution in [0.15, 0.2) is 194 Å². The lowest BCUT2D eigenvalue weighted by molar-refractivity contribution is 1.07. The van der Waals surface area contributed by atoms with Crippen molar-refractivity contribution in [2.45, 2.75) is 0 Å². The van der Waals surface area contributed by atoms with E-state index in [0.717, 1.165) is 27.9 Å². The first-order valence-electron chi connectivity index (χ1n) is 18.8. The molecule has 262 valence electrons. The molecule has 11 aromatic rings. The number of fused-ring (bicyclic) bond motifs is 6. The molecule has 0 saturated carbocycles. The van der Waals surface area contributed by atoms with Crippen LogP contribution in [0, 0.1) is 0 Å². The van der Waals surface area contributed by atoms with Gasteiger partial charge in [-0.15, -0.1) is 11.3 Å². The minimum atomic E-state index is 0.633. The van der Waals surface area contributed by atoms with Crippen LogP contribution in [-0.4, -0.2) is 19.5 Å². The predicted octanol–water partition coefficient (Wildman–Crippen LogP) is 13.7. The Morgan fingerprint density at radius 2 is 0.839 bits per heavy atom. The third-order valence-electron chi connectivity index (χ3n) is 10.7. The average Bonchev–Trinajstić information content (AvgIpc) is 3.83. The maximum absolute atomic E-state index is 5.05. The Morgan fingerprint density at radius 1 is 0.339 bits per heavy atom. The first kappa shape index (κ1) is 32.2.